The fraction of sp³-hybridized carbons (Fsp3) is 0.588. The maximum atomic E-state index is 5.90. The second kappa shape index (κ2) is 8.11. The first-order chi connectivity index (χ1) is 11.6. The second-order valence-corrected chi connectivity index (χ2v) is 7.34. The van der Waals surface area contributed by atoms with Crippen LogP contribution in [0.5, 0.6) is 0 Å². The van der Waals surface area contributed by atoms with Crippen molar-refractivity contribution in [1.29, 1.82) is 0 Å². The molecule has 0 amide bonds. The minimum atomic E-state index is 0.240. The molecule has 1 atom stereocenters. The third-order valence-electron chi connectivity index (χ3n) is 4.14. The lowest BCUT2D eigenvalue weighted by atomic mass is 10.1. The van der Waals surface area contributed by atoms with E-state index in [9.17, 15) is 0 Å². The summed E-state index contributed by atoms with van der Waals surface area (Å²) in [5.41, 5.74) is 0. The Morgan fingerprint density at radius 2 is 2.12 bits per heavy atom. The molecule has 24 heavy (non-hydrogen) atoms. The monoisotopic (exact) mass is 350 g/mol. The molecule has 0 radical (unpaired) electrons. The van der Waals surface area contributed by atoms with Crippen molar-refractivity contribution in [3.05, 3.63) is 34.7 Å². The molecule has 0 spiro atoms. The number of aryl methyl sites for hydroxylation is 1. The van der Waals surface area contributed by atoms with Crippen molar-refractivity contribution in [3.63, 3.8) is 0 Å². The maximum absolute atomic E-state index is 5.90. The summed E-state index contributed by atoms with van der Waals surface area (Å²) in [5.74, 6) is 1.99. The van der Waals surface area contributed by atoms with Gasteiger partial charge in [0.2, 0.25) is 0 Å². The number of aromatic nitrogens is 1. The van der Waals surface area contributed by atoms with E-state index >= 15 is 0 Å². The number of morpholine rings is 1. The zero-order valence-corrected chi connectivity index (χ0v) is 15.4. The molecule has 2 aromatic rings. The number of hydrogen-bond acceptors (Lipinski definition) is 7. The van der Waals surface area contributed by atoms with E-state index in [4.69, 9.17) is 9.15 Å². The van der Waals surface area contributed by atoms with Gasteiger partial charge in [0.15, 0.2) is 5.13 Å². The molecule has 6 nitrogen and oxygen atoms in total. The van der Waals surface area contributed by atoms with Gasteiger partial charge in [-0.25, -0.2) is 4.98 Å². The molecule has 0 bridgehead atoms. The lowest BCUT2D eigenvalue weighted by Gasteiger charge is -2.33. The Kier molecular flexibility index (Phi) is 5.89. The zero-order valence-electron chi connectivity index (χ0n) is 14.6. The Labute approximate surface area is 147 Å². The Bertz CT molecular complexity index is 634. The van der Waals surface area contributed by atoms with E-state index in [2.05, 4.69) is 21.3 Å². The Morgan fingerprint density at radius 3 is 2.75 bits per heavy atom. The fourth-order valence-corrected chi connectivity index (χ4v) is 3.65. The average molecular weight is 350 g/mol. The number of thiazole rings is 1. The van der Waals surface area contributed by atoms with Gasteiger partial charge in [-0.2, -0.15) is 0 Å². The van der Waals surface area contributed by atoms with Gasteiger partial charge in [0.05, 0.1) is 19.3 Å². The Hall–Kier alpha value is -1.41. The standard InChI is InChI=1S/C17H26N4O2S/c1-13-4-5-16(23-13)15(21-6-8-22-9-7-21)12-18-10-14-11-19-17(24-14)20(2)3/h4-5,11,15,18H,6-10,12H2,1-3H3/t15-/m0/s1. The summed E-state index contributed by atoms with van der Waals surface area (Å²) in [6.45, 7) is 7.13. The van der Waals surface area contributed by atoms with E-state index in [0.29, 0.717) is 0 Å². The number of rotatable bonds is 7. The van der Waals surface area contributed by atoms with E-state index in [1.54, 1.807) is 11.3 Å². The minimum absolute atomic E-state index is 0.240. The number of hydrogen-bond donors (Lipinski definition) is 1. The van der Waals surface area contributed by atoms with Gasteiger partial charge in [0, 0.05) is 51.3 Å². The van der Waals surface area contributed by atoms with E-state index in [1.807, 2.05) is 38.2 Å². The van der Waals surface area contributed by atoms with Gasteiger partial charge in [0.25, 0.3) is 0 Å². The van der Waals surface area contributed by atoms with Crippen LogP contribution in [0.1, 0.15) is 22.4 Å². The van der Waals surface area contributed by atoms with Gasteiger partial charge in [-0.15, -0.1) is 11.3 Å². The van der Waals surface area contributed by atoms with Crippen LogP contribution in [0.4, 0.5) is 5.13 Å². The largest absolute Gasteiger partial charge is 0.465 e. The molecule has 1 fully saturated rings. The average Bonchev–Trinajstić information content (AvgIpc) is 3.22. The first-order valence-electron chi connectivity index (χ1n) is 8.34. The van der Waals surface area contributed by atoms with Crippen molar-refractivity contribution in [2.45, 2.75) is 19.5 Å². The van der Waals surface area contributed by atoms with Gasteiger partial charge in [-0.05, 0) is 19.1 Å². The highest BCUT2D eigenvalue weighted by Gasteiger charge is 2.24. The highest BCUT2D eigenvalue weighted by Crippen LogP contribution is 2.24. The molecule has 0 saturated carbocycles. The molecule has 0 aliphatic carbocycles. The van der Waals surface area contributed by atoms with Gasteiger partial charge < -0.3 is 19.4 Å². The van der Waals surface area contributed by atoms with Crippen LogP contribution in [0.2, 0.25) is 0 Å². The number of nitrogens with one attached hydrogen (secondary N) is 1. The van der Waals surface area contributed by atoms with Crippen LogP contribution in [0.3, 0.4) is 0 Å². The summed E-state index contributed by atoms with van der Waals surface area (Å²) in [5, 5.41) is 4.61. The van der Waals surface area contributed by atoms with Crippen molar-refractivity contribution in [2.24, 2.45) is 0 Å². The molecule has 132 valence electrons. The molecule has 7 heteroatoms. The lowest BCUT2D eigenvalue weighted by Crippen LogP contribution is -2.42. The van der Waals surface area contributed by atoms with Crippen molar-refractivity contribution >= 4 is 16.5 Å². The minimum Gasteiger partial charge on any atom is -0.465 e. The van der Waals surface area contributed by atoms with E-state index < -0.39 is 0 Å². The van der Waals surface area contributed by atoms with Crippen LogP contribution in [0, 0.1) is 6.92 Å². The molecular weight excluding hydrogens is 324 g/mol. The summed E-state index contributed by atoms with van der Waals surface area (Å²) in [7, 11) is 4.04. The van der Waals surface area contributed by atoms with Crippen molar-refractivity contribution < 1.29 is 9.15 Å². The zero-order chi connectivity index (χ0) is 16.9. The van der Waals surface area contributed by atoms with Gasteiger partial charge in [-0.3, -0.25) is 4.90 Å². The lowest BCUT2D eigenvalue weighted by molar-refractivity contribution is 0.0115. The third kappa shape index (κ3) is 4.36. The summed E-state index contributed by atoms with van der Waals surface area (Å²) in [6.07, 6.45) is 1.95. The van der Waals surface area contributed by atoms with Crippen molar-refractivity contribution in [3.8, 4) is 0 Å². The van der Waals surface area contributed by atoms with Crippen molar-refractivity contribution in [2.75, 3.05) is 51.8 Å². The molecule has 3 rings (SSSR count). The topological polar surface area (TPSA) is 53.8 Å². The smallest absolute Gasteiger partial charge is 0.185 e. The molecule has 0 unspecified atom stereocenters. The summed E-state index contributed by atoms with van der Waals surface area (Å²) >= 11 is 1.72. The molecule has 1 aliphatic heterocycles. The highest BCUT2D eigenvalue weighted by atomic mass is 32.1. The molecule has 1 saturated heterocycles. The van der Waals surface area contributed by atoms with Gasteiger partial charge in [-0.1, -0.05) is 0 Å². The van der Waals surface area contributed by atoms with E-state index in [0.717, 1.165) is 56.0 Å². The van der Waals surface area contributed by atoms with Crippen LogP contribution < -0.4 is 10.2 Å². The first kappa shape index (κ1) is 17.4. The third-order valence-corrected chi connectivity index (χ3v) is 5.30. The molecule has 2 aromatic heterocycles. The normalized spacial score (nSPS) is 17.1. The van der Waals surface area contributed by atoms with Crippen LogP contribution >= 0.6 is 11.3 Å². The summed E-state index contributed by atoms with van der Waals surface area (Å²) in [6, 6.07) is 4.37. The van der Waals surface area contributed by atoms with Crippen molar-refractivity contribution in [1.82, 2.24) is 15.2 Å². The van der Waals surface area contributed by atoms with E-state index in [-0.39, 0.29) is 6.04 Å². The Balaban J connectivity index is 1.60. The summed E-state index contributed by atoms with van der Waals surface area (Å²) in [4.78, 5) is 10.1. The predicted octanol–water partition coefficient (Wildman–Crippen LogP) is 2.27. The van der Waals surface area contributed by atoms with Gasteiger partial charge in [0.1, 0.15) is 11.5 Å². The molecule has 1 N–H and O–H groups in total. The summed E-state index contributed by atoms with van der Waals surface area (Å²) < 4.78 is 11.4. The molecule has 1 aliphatic rings. The fourth-order valence-electron chi connectivity index (χ4n) is 2.85. The first-order valence-corrected chi connectivity index (χ1v) is 9.16. The SMILES string of the molecule is Cc1ccc([C@H](CNCc2cnc(N(C)C)s2)N2CCOCC2)o1. The number of ether oxygens (including phenoxy) is 1. The Morgan fingerprint density at radius 1 is 1.33 bits per heavy atom. The maximum Gasteiger partial charge on any atom is 0.185 e. The van der Waals surface area contributed by atoms with Gasteiger partial charge >= 0.3 is 0 Å². The number of furan rings is 1. The molecule has 0 aromatic carbocycles. The molecule has 3 heterocycles. The van der Waals surface area contributed by atoms with E-state index in [1.165, 1.54) is 4.88 Å². The highest BCUT2D eigenvalue weighted by molar-refractivity contribution is 7.15. The second-order valence-electron chi connectivity index (χ2n) is 6.25. The van der Waals surface area contributed by atoms with Crippen LogP contribution in [0.25, 0.3) is 0 Å². The predicted molar refractivity (Wildman–Crippen MR) is 96.7 cm³/mol. The quantitative estimate of drug-likeness (QED) is 0.827. The number of anilines is 1. The van der Waals surface area contributed by atoms with Crippen LogP contribution in [-0.4, -0.2) is 56.8 Å². The number of nitrogens with zero attached hydrogens (tertiary/aromatic N) is 3. The van der Waals surface area contributed by atoms with Crippen LogP contribution in [0.15, 0.2) is 22.7 Å². The van der Waals surface area contributed by atoms with Crippen LogP contribution in [-0.2, 0) is 11.3 Å². The molecular formula is C17H26N4O2S.